The van der Waals surface area contributed by atoms with Gasteiger partial charge in [-0.1, -0.05) is 48.0 Å². The van der Waals surface area contributed by atoms with Gasteiger partial charge in [0.1, 0.15) is 5.75 Å². The van der Waals surface area contributed by atoms with Crippen LogP contribution < -0.4 is 15.5 Å². The second-order valence-corrected chi connectivity index (χ2v) is 12.5. The summed E-state index contributed by atoms with van der Waals surface area (Å²) in [4.78, 5) is 8.72. The lowest BCUT2D eigenvalue weighted by atomic mass is 9.79. The van der Waals surface area contributed by atoms with Gasteiger partial charge >= 0.3 is 7.12 Å². The first-order valence-corrected chi connectivity index (χ1v) is 15.6. The first-order valence-electron chi connectivity index (χ1n) is 15.6. The highest BCUT2D eigenvalue weighted by atomic mass is 16.7. The van der Waals surface area contributed by atoms with Crippen molar-refractivity contribution in [3.05, 3.63) is 104 Å². The molecule has 1 fully saturated rings. The van der Waals surface area contributed by atoms with Crippen LogP contribution in [0.4, 0.5) is 5.69 Å². The molecule has 1 aliphatic heterocycles. The topological polar surface area (TPSA) is 109 Å². The number of nitrogens with one attached hydrogen (secondary N) is 1. The molecule has 0 atom stereocenters. The Morgan fingerprint density at radius 3 is 2.28 bits per heavy atom. The second kappa shape index (κ2) is 13.4. The third-order valence-electron chi connectivity index (χ3n) is 8.72. The minimum absolute atomic E-state index is 0.294. The molecular weight excluding hydrogens is 591 g/mol. The van der Waals surface area contributed by atoms with Crippen LogP contribution in [-0.4, -0.2) is 56.7 Å². The van der Waals surface area contributed by atoms with Gasteiger partial charge in [-0.05, 0) is 75.5 Å². The number of anilines is 1. The van der Waals surface area contributed by atoms with E-state index in [1.54, 1.807) is 25.8 Å². The van der Waals surface area contributed by atoms with E-state index in [2.05, 4.69) is 96.5 Å². The number of pyridine rings is 1. The maximum Gasteiger partial charge on any atom is 0.494 e. The Morgan fingerprint density at radius 1 is 0.915 bits per heavy atom. The maximum absolute atomic E-state index is 5.96. The summed E-state index contributed by atoms with van der Waals surface area (Å²) < 4.78 is 24.6. The number of benzene rings is 3. The Hall–Kier alpha value is -5.00. The Morgan fingerprint density at radius 2 is 1.64 bits per heavy atom. The van der Waals surface area contributed by atoms with E-state index in [4.69, 9.17) is 18.5 Å². The molecule has 1 aliphatic rings. The Bertz CT molecular complexity index is 1890. The zero-order valence-electron chi connectivity index (χ0n) is 27.6. The summed E-state index contributed by atoms with van der Waals surface area (Å²) in [5.74, 6) is 1.28. The van der Waals surface area contributed by atoms with Crippen molar-refractivity contribution in [2.45, 2.75) is 52.4 Å². The zero-order valence-corrected chi connectivity index (χ0v) is 27.6. The first kappa shape index (κ1) is 32.0. The van der Waals surface area contributed by atoms with Crippen LogP contribution in [0.25, 0.3) is 33.5 Å². The standard InChI is InChI=1S/C23H20N6O.C13H19BO3/c1-16-2-4-17(5-3-16)18-6-7-21-19(12-18)22(25-9-11-29-10-8-24-14-29)20(13-26-21)23-28-27-15-30-23;1-12(2)13(3,4)17-14(16-12)10-6-8-11(15-5)9-7-10/h2-8,10,12-15H,9,11H2,1H3,(H,25,26);6-9H,1-5H3. The molecule has 11 heteroatoms. The van der Waals surface area contributed by atoms with Crippen molar-refractivity contribution in [3.63, 3.8) is 0 Å². The molecule has 0 spiro atoms. The highest BCUT2D eigenvalue weighted by Gasteiger charge is 2.51. The number of aromatic nitrogens is 5. The van der Waals surface area contributed by atoms with Crippen molar-refractivity contribution in [2.75, 3.05) is 19.0 Å². The zero-order chi connectivity index (χ0) is 33.0. The van der Waals surface area contributed by atoms with Crippen molar-refractivity contribution >= 4 is 29.2 Å². The minimum Gasteiger partial charge on any atom is -0.497 e. The lowest BCUT2D eigenvalue weighted by Crippen LogP contribution is -2.41. The number of imidazole rings is 1. The van der Waals surface area contributed by atoms with Gasteiger partial charge in [0.15, 0.2) is 0 Å². The monoisotopic (exact) mass is 630 g/mol. The average molecular weight is 631 g/mol. The summed E-state index contributed by atoms with van der Waals surface area (Å²) >= 11 is 0. The minimum atomic E-state index is -0.300. The highest BCUT2D eigenvalue weighted by Crippen LogP contribution is 2.37. The number of fused-ring (bicyclic) bond motifs is 1. The first-order chi connectivity index (χ1) is 22.6. The van der Waals surface area contributed by atoms with Gasteiger partial charge in [0.05, 0.1) is 41.4 Å². The summed E-state index contributed by atoms with van der Waals surface area (Å²) in [5, 5.41) is 12.5. The van der Waals surface area contributed by atoms with E-state index in [-0.39, 0.29) is 18.3 Å². The highest BCUT2D eigenvalue weighted by molar-refractivity contribution is 6.62. The number of aryl methyl sites for hydroxylation is 1. The third-order valence-corrected chi connectivity index (χ3v) is 8.72. The molecule has 7 rings (SSSR count). The number of hydrogen-bond acceptors (Lipinski definition) is 9. The molecule has 6 aromatic rings. The van der Waals surface area contributed by atoms with Crippen LogP contribution in [0.1, 0.15) is 33.3 Å². The molecule has 3 aromatic heterocycles. The van der Waals surface area contributed by atoms with Gasteiger partial charge in [0, 0.05) is 37.1 Å². The van der Waals surface area contributed by atoms with E-state index in [0.29, 0.717) is 12.4 Å². The van der Waals surface area contributed by atoms with Gasteiger partial charge in [-0.3, -0.25) is 4.98 Å². The Kier molecular flexibility index (Phi) is 9.11. The quantitative estimate of drug-likeness (QED) is 0.187. The number of ether oxygens (including phenoxy) is 1. The predicted octanol–water partition coefficient (Wildman–Crippen LogP) is 6.56. The van der Waals surface area contributed by atoms with E-state index >= 15 is 0 Å². The molecule has 47 heavy (non-hydrogen) atoms. The van der Waals surface area contributed by atoms with E-state index < -0.39 is 0 Å². The van der Waals surface area contributed by atoms with Crippen molar-refractivity contribution in [3.8, 4) is 28.3 Å². The molecule has 0 saturated carbocycles. The SMILES string of the molecule is COc1ccc(B2OC(C)(C)C(C)(C)O2)cc1.Cc1ccc(-c2ccc3ncc(-c4nnco4)c(NCCn4ccnc4)c3c2)cc1. The van der Waals surface area contributed by atoms with Crippen LogP contribution >= 0.6 is 0 Å². The summed E-state index contributed by atoms with van der Waals surface area (Å²) in [6, 6.07) is 22.6. The van der Waals surface area contributed by atoms with Gasteiger partial charge in [-0.25, -0.2) is 4.98 Å². The number of hydrogen-bond donors (Lipinski definition) is 1. The lowest BCUT2D eigenvalue weighted by molar-refractivity contribution is 0.00578. The van der Waals surface area contributed by atoms with Gasteiger partial charge in [0.2, 0.25) is 6.39 Å². The average Bonchev–Trinajstić information content (AvgIpc) is 3.84. The molecule has 240 valence electrons. The lowest BCUT2D eigenvalue weighted by Gasteiger charge is -2.32. The number of methoxy groups -OCH3 is 1. The predicted molar refractivity (Wildman–Crippen MR) is 185 cm³/mol. The van der Waals surface area contributed by atoms with E-state index in [9.17, 15) is 0 Å². The van der Waals surface area contributed by atoms with Crippen molar-refractivity contribution in [1.82, 2.24) is 24.7 Å². The number of rotatable bonds is 8. The second-order valence-electron chi connectivity index (χ2n) is 12.5. The molecule has 1 saturated heterocycles. The summed E-state index contributed by atoms with van der Waals surface area (Å²) in [6.07, 6.45) is 8.64. The molecule has 0 radical (unpaired) electrons. The van der Waals surface area contributed by atoms with E-state index in [1.165, 1.54) is 12.0 Å². The van der Waals surface area contributed by atoms with Crippen molar-refractivity contribution in [2.24, 2.45) is 0 Å². The van der Waals surface area contributed by atoms with Gasteiger partial charge in [-0.15, -0.1) is 10.2 Å². The molecule has 4 heterocycles. The Labute approximate surface area is 275 Å². The fourth-order valence-electron chi connectivity index (χ4n) is 5.23. The van der Waals surface area contributed by atoms with Crippen molar-refractivity contribution < 1.29 is 18.5 Å². The maximum atomic E-state index is 5.96. The molecule has 10 nitrogen and oxygen atoms in total. The normalized spacial score (nSPS) is 14.9. The van der Waals surface area contributed by atoms with E-state index in [0.717, 1.165) is 51.0 Å². The Balaban J connectivity index is 0.000000193. The van der Waals surface area contributed by atoms with Crippen LogP contribution in [0.5, 0.6) is 5.75 Å². The third kappa shape index (κ3) is 7.06. The van der Waals surface area contributed by atoms with Gasteiger partial charge in [-0.2, -0.15) is 0 Å². The van der Waals surface area contributed by atoms with Crippen LogP contribution in [0.2, 0.25) is 0 Å². The summed E-state index contributed by atoms with van der Waals surface area (Å²) in [6.45, 7) is 11.8. The molecular formula is C36H39BN6O4. The molecule has 0 aliphatic carbocycles. The molecule has 3 aromatic carbocycles. The van der Waals surface area contributed by atoms with Gasteiger partial charge < -0.3 is 28.3 Å². The van der Waals surface area contributed by atoms with Crippen LogP contribution in [-0.2, 0) is 15.9 Å². The smallest absolute Gasteiger partial charge is 0.494 e. The molecule has 1 N–H and O–H groups in total. The van der Waals surface area contributed by atoms with Crippen LogP contribution in [0, 0.1) is 6.92 Å². The molecule has 0 amide bonds. The summed E-state index contributed by atoms with van der Waals surface area (Å²) in [7, 11) is 1.36. The van der Waals surface area contributed by atoms with Crippen LogP contribution in [0.15, 0.2) is 102 Å². The van der Waals surface area contributed by atoms with Crippen molar-refractivity contribution in [1.29, 1.82) is 0 Å². The molecule has 0 bridgehead atoms. The number of nitrogens with zero attached hydrogens (tertiary/aromatic N) is 5. The largest absolute Gasteiger partial charge is 0.497 e. The van der Waals surface area contributed by atoms with Crippen LogP contribution in [0.3, 0.4) is 0 Å². The summed E-state index contributed by atoms with van der Waals surface area (Å²) in [5.41, 5.74) is 6.57. The van der Waals surface area contributed by atoms with E-state index in [1.807, 2.05) is 41.1 Å². The fraction of sp³-hybridized carbons (Fsp3) is 0.278. The van der Waals surface area contributed by atoms with Gasteiger partial charge in [0.25, 0.3) is 5.89 Å². The fourth-order valence-corrected chi connectivity index (χ4v) is 5.23. The molecule has 0 unspecified atom stereocenters.